The van der Waals surface area contributed by atoms with Gasteiger partial charge in [0.25, 0.3) is 0 Å². The van der Waals surface area contributed by atoms with Crippen LogP contribution >= 0.6 is 0 Å². The molecule has 1 aromatic carbocycles. The molecule has 2 rings (SSSR count). The summed E-state index contributed by atoms with van der Waals surface area (Å²) in [6, 6.07) is 6.24. The lowest BCUT2D eigenvalue weighted by atomic mass is 9.83. The summed E-state index contributed by atoms with van der Waals surface area (Å²) < 4.78 is 0. The minimum absolute atomic E-state index is 0.389. The van der Waals surface area contributed by atoms with Crippen molar-refractivity contribution < 1.29 is 5.11 Å². The Bertz CT molecular complexity index is 402. The average Bonchev–Trinajstić information content (AvgIpc) is 2.14. The van der Waals surface area contributed by atoms with Crippen LogP contribution in [-0.4, -0.2) is 5.11 Å². The number of allylic oxidation sites excluding steroid dienone is 1. The van der Waals surface area contributed by atoms with E-state index in [9.17, 15) is 5.11 Å². The second-order valence-corrected chi connectivity index (χ2v) is 4.19. The van der Waals surface area contributed by atoms with Crippen molar-refractivity contribution >= 4 is 0 Å². The van der Waals surface area contributed by atoms with Gasteiger partial charge in [0.05, 0.1) is 0 Å². The minimum atomic E-state index is -0.389. The van der Waals surface area contributed by atoms with Crippen LogP contribution in [0.2, 0.25) is 0 Å². The summed E-state index contributed by atoms with van der Waals surface area (Å²) in [4.78, 5) is 0. The van der Waals surface area contributed by atoms with Gasteiger partial charge < -0.3 is 5.11 Å². The molecule has 1 aliphatic carbocycles. The summed E-state index contributed by atoms with van der Waals surface area (Å²) in [6.45, 7) is 6.19. The van der Waals surface area contributed by atoms with Crippen LogP contribution in [0.4, 0.5) is 0 Å². The van der Waals surface area contributed by atoms with Crippen LogP contribution in [0.5, 0.6) is 0 Å². The Hall–Kier alpha value is -1.08. The maximum atomic E-state index is 10.1. The van der Waals surface area contributed by atoms with Crippen LogP contribution in [0.15, 0.2) is 29.3 Å². The highest BCUT2D eigenvalue weighted by atomic mass is 16.3. The Morgan fingerprint density at radius 2 is 1.93 bits per heavy atom. The molecule has 1 nitrogen and oxygen atoms in total. The summed E-state index contributed by atoms with van der Waals surface area (Å²) >= 11 is 0. The van der Waals surface area contributed by atoms with Gasteiger partial charge in [0.2, 0.25) is 0 Å². The van der Waals surface area contributed by atoms with E-state index < -0.39 is 0 Å². The SMILES string of the molecule is CC1=C(C)[C@@H](O)c2c(C)cccc2C1. The van der Waals surface area contributed by atoms with Gasteiger partial charge in [-0.3, -0.25) is 0 Å². The fourth-order valence-corrected chi connectivity index (χ4v) is 2.16. The van der Waals surface area contributed by atoms with Crippen LogP contribution in [0.3, 0.4) is 0 Å². The van der Waals surface area contributed by atoms with Gasteiger partial charge in [0.15, 0.2) is 0 Å². The molecule has 0 radical (unpaired) electrons. The Morgan fingerprint density at radius 1 is 1.21 bits per heavy atom. The Kier molecular flexibility index (Phi) is 2.20. The van der Waals surface area contributed by atoms with Gasteiger partial charge in [-0.05, 0) is 49.5 Å². The summed E-state index contributed by atoms with van der Waals surface area (Å²) in [5.41, 5.74) is 6.01. The number of hydrogen-bond donors (Lipinski definition) is 1. The van der Waals surface area contributed by atoms with E-state index in [4.69, 9.17) is 0 Å². The highest BCUT2D eigenvalue weighted by Gasteiger charge is 2.22. The van der Waals surface area contributed by atoms with E-state index in [2.05, 4.69) is 32.0 Å². The molecule has 74 valence electrons. The zero-order chi connectivity index (χ0) is 10.3. The molecule has 0 amide bonds. The quantitative estimate of drug-likeness (QED) is 0.621. The first kappa shape index (κ1) is 9.47. The van der Waals surface area contributed by atoms with Crippen LogP contribution in [0.1, 0.15) is 36.6 Å². The first-order chi connectivity index (χ1) is 6.61. The van der Waals surface area contributed by atoms with Crippen molar-refractivity contribution in [2.75, 3.05) is 0 Å². The van der Waals surface area contributed by atoms with Gasteiger partial charge in [-0.25, -0.2) is 0 Å². The standard InChI is InChI=1S/C13H16O/c1-8-5-4-6-11-7-9(2)10(3)13(14)12(8)11/h4-6,13-14H,7H2,1-3H3/t13-/m1/s1. The molecular formula is C13H16O. The summed E-state index contributed by atoms with van der Waals surface area (Å²) in [6.07, 6.45) is 0.597. The van der Waals surface area contributed by atoms with E-state index in [1.807, 2.05) is 6.92 Å². The van der Waals surface area contributed by atoms with Gasteiger partial charge in [0.1, 0.15) is 6.10 Å². The monoisotopic (exact) mass is 188 g/mol. The molecule has 0 unspecified atom stereocenters. The average molecular weight is 188 g/mol. The van der Waals surface area contributed by atoms with Crippen molar-refractivity contribution in [2.45, 2.75) is 33.3 Å². The Morgan fingerprint density at radius 3 is 2.64 bits per heavy atom. The molecule has 0 spiro atoms. The molecule has 0 aromatic heterocycles. The molecule has 1 aromatic rings. The van der Waals surface area contributed by atoms with E-state index in [-0.39, 0.29) is 6.10 Å². The maximum Gasteiger partial charge on any atom is 0.101 e. The molecule has 1 heteroatoms. The first-order valence-electron chi connectivity index (χ1n) is 5.04. The largest absolute Gasteiger partial charge is 0.384 e. The molecule has 1 atom stereocenters. The Labute approximate surface area is 85.1 Å². The predicted octanol–water partition coefficient (Wildman–Crippen LogP) is 2.92. The van der Waals surface area contributed by atoms with E-state index in [1.165, 1.54) is 16.7 Å². The molecular weight excluding hydrogens is 172 g/mol. The Balaban J connectivity index is 2.59. The number of hydrogen-bond acceptors (Lipinski definition) is 1. The number of aliphatic hydroxyl groups is 1. The highest BCUT2D eigenvalue weighted by molar-refractivity contribution is 5.46. The predicted molar refractivity (Wildman–Crippen MR) is 58.2 cm³/mol. The molecule has 0 bridgehead atoms. The zero-order valence-corrected chi connectivity index (χ0v) is 8.96. The second kappa shape index (κ2) is 3.25. The molecule has 0 fully saturated rings. The van der Waals surface area contributed by atoms with E-state index in [0.29, 0.717) is 0 Å². The maximum absolute atomic E-state index is 10.1. The molecule has 0 saturated carbocycles. The van der Waals surface area contributed by atoms with Crippen molar-refractivity contribution in [3.8, 4) is 0 Å². The molecule has 14 heavy (non-hydrogen) atoms. The topological polar surface area (TPSA) is 20.2 Å². The molecule has 0 heterocycles. The summed E-state index contributed by atoms with van der Waals surface area (Å²) in [5.74, 6) is 0. The zero-order valence-electron chi connectivity index (χ0n) is 8.96. The van der Waals surface area contributed by atoms with Gasteiger partial charge in [-0.2, -0.15) is 0 Å². The third-order valence-electron chi connectivity index (χ3n) is 3.23. The summed E-state index contributed by atoms with van der Waals surface area (Å²) in [5, 5.41) is 10.1. The van der Waals surface area contributed by atoms with Gasteiger partial charge in [-0.15, -0.1) is 0 Å². The number of rotatable bonds is 0. The summed E-state index contributed by atoms with van der Waals surface area (Å²) in [7, 11) is 0. The number of fused-ring (bicyclic) bond motifs is 1. The van der Waals surface area contributed by atoms with Crippen LogP contribution in [0.25, 0.3) is 0 Å². The van der Waals surface area contributed by atoms with E-state index >= 15 is 0 Å². The van der Waals surface area contributed by atoms with Crippen molar-refractivity contribution in [3.05, 3.63) is 46.0 Å². The van der Waals surface area contributed by atoms with Crippen molar-refractivity contribution in [1.29, 1.82) is 0 Å². The van der Waals surface area contributed by atoms with Crippen molar-refractivity contribution in [3.63, 3.8) is 0 Å². The van der Waals surface area contributed by atoms with Gasteiger partial charge >= 0.3 is 0 Å². The molecule has 1 aliphatic rings. The highest BCUT2D eigenvalue weighted by Crippen LogP contribution is 2.35. The lowest BCUT2D eigenvalue weighted by Gasteiger charge is -2.26. The fraction of sp³-hybridized carbons (Fsp3) is 0.385. The smallest absolute Gasteiger partial charge is 0.101 e. The van der Waals surface area contributed by atoms with E-state index in [1.54, 1.807) is 0 Å². The van der Waals surface area contributed by atoms with Crippen molar-refractivity contribution in [2.24, 2.45) is 0 Å². The molecule has 0 saturated heterocycles. The van der Waals surface area contributed by atoms with Gasteiger partial charge in [0, 0.05) is 0 Å². The number of benzene rings is 1. The van der Waals surface area contributed by atoms with Crippen LogP contribution in [0, 0.1) is 6.92 Å². The fourth-order valence-electron chi connectivity index (χ4n) is 2.16. The van der Waals surface area contributed by atoms with Crippen molar-refractivity contribution in [1.82, 2.24) is 0 Å². The normalized spacial score (nSPS) is 21.0. The van der Waals surface area contributed by atoms with E-state index in [0.717, 1.165) is 17.6 Å². The minimum Gasteiger partial charge on any atom is -0.384 e. The molecule has 1 N–H and O–H groups in total. The third kappa shape index (κ3) is 1.28. The first-order valence-corrected chi connectivity index (χ1v) is 5.04. The number of aliphatic hydroxyl groups excluding tert-OH is 1. The van der Waals surface area contributed by atoms with Gasteiger partial charge in [-0.1, -0.05) is 23.8 Å². The molecule has 0 aliphatic heterocycles. The second-order valence-electron chi connectivity index (χ2n) is 4.19. The third-order valence-corrected chi connectivity index (χ3v) is 3.23. The lowest BCUT2D eigenvalue weighted by Crippen LogP contribution is -2.13. The number of aryl methyl sites for hydroxylation is 1. The van der Waals surface area contributed by atoms with Crippen LogP contribution in [-0.2, 0) is 6.42 Å². The lowest BCUT2D eigenvalue weighted by molar-refractivity contribution is 0.209. The van der Waals surface area contributed by atoms with Crippen LogP contribution < -0.4 is 0 Å².